The smallest absolute Gasteiger partial charge is 0.339 e. The van der Waals surface area contributed by atoms with Gasteiger partial charge in [0, 0.05) is 32.2 Å². The number of ether oxygens (including phenoxy) is 2. The van der Waals surface area contributed by atoms with Crippen molar-refractivity contribution in [3.05, 3.63) is 58.4 Å². The van der Waals surface area contributed by atoms with Crippen LogP contribution < -0.4 is 10.5 Å². The molecule has 0 aliphatic carbocycles. The number of morpholine rings is 1. The topological polar surface area (TPSA) is 263 Å². The molecule has 244 valence electrons. The normalized spacial score (nSPS) is 16.8. The van der Waals surface area contributed by atoms with E-state index in [2.05, 4.69) is 0 Å². The van der Waals surface area contributed by atoms with Crippen LogP contribution in [0.5, 0.6) is 5.75 Å². The average molecular weight is 648 g/mol. The number of hydrogen-bond donors (Lipinski definition) is 5. The molecule has 0 aromatic heterocycles. The van der Waals surface area contributed by atoms with E-state index in [9.17, 15) is 44.0 Å². The fourth-order valence-electron chi connectivity index (χ4n) is 4.69. The molecule has 3 rings (SSSR count). The lowest BCUT2D eigenvalue weighted by Gasteiger charge is -2.41. The number of hydrogen-bond acceptors (Lipinski definition) is 9. The van der Waals surface area contributed by atoms with E-state index >= 15 is 0 Å². The number of aliphatic carboxylic acids is 3. The van der Waals surface area contributed by atoms with Crippen molar-refractivity contribution in [2.24, 2.45) is 0 Å². The number of carboxylic acids is 3. The van der Waals surface area contributed by atoms with Crippen LogP contribution in [0.1, 0.15) is 29.3 Å². The van der Waals surface area contributed by atoms with Crippen LogP contribution in [0.2, 0.25) is 5.02 Å². The minimum Gasteiger partial charge on any atom is -0.493 e. The van der Waals surface area contributed by atoms with Gasteiger partial charge in [-0.05, 0) is 30.7 Å². The van der Waals surface area contributed by atoms with E-state index in [1.165, 1.54) is 18.2 Å². The zero-order chi connectivity index (χ0) is 31.2. The van der Waals surface area contributed by atoms with E-state index < -0.39 is 60.3 Å². The highest BCUT2D eigenvalue weighted by Gasteiger charge is 2.55. The molecule has 1 amide bonds. The zero-order valence-corrected chi connectivity index (χ0v) is 24.3. The van der Waals surface area contributed by atoms with Crippen LogP contribution in [0.15, 0.2) is 36.4 Å². The molecule has 10 N–H and O–H groups in total. The number of anilines is 1. The molecule has 0 spiro atoms. The van der Waals surface area contributed by atoms with Crippen molar-refractivity contribution in [2.75, 3.05) is 38.6 Å². The Morgan fingerprint density at radius 2 is 1.82 bits per heavy atom. The molecule has 15 nitrogen and oxygen atoms in total. The molecule has 1 saturated heterocycles. The summed E-state index contributed by atoms with van der Waals surface area (Å²) < 4.78 is 24.6. The van der Waals surface area contributed by atoms with Gasteiger partial charge in [-0.15, -0.1) is 0 Å². The van der Waals surface area contributed by atoms with Gasteiger partial charge in [0.2, 0.25) is 5.60 Å². The van der Waals surface area contributed by atoms with Gasteiger partial charge in [0.05, 0.1) is 42.0 Å². The van der Waals surface area contributed by atoms with Crippen molar-refractivity contribution in [3.63, 3.8) is 0 Å². The Morgan fingerprint density at radius 1 is 1.18 bits per heavy atom. The van der Waals surface area contributed by atoms with Crippen LogP contribution in [0, 0.1) is 5.82 Å². The van der Waals surface area contributed by atoms with Gasteiger partial charge >= 0.3 is 17.9 Å². The number of nitrogens with zero attached hydrogens (tertiary/aromatic N) is 2. The second kappa shape index (κ2) is 16.1. The number of aliphatic hydroxyl groups is 1. The first-order valence-electron chi connectivity index (χ1n) is 12.8. The Labute approximate surface area is 255 Å². The molecule has 17 heteroatoms. The van der Waals surface area contributed by atoms with Crippen LogP contribution in [-0.2, 0) is 25.7 Å². The van der Waals surface area contributed by atoms with Gasteiger partial charge in [0.15, 0.2) is 6.04 Å². The summed E-state index contributed by atoms with van der Waals surface area (Å²) in [4.78, 5) is 52.7. The molecular formula is C27H35ClFN3O12. The summed E-state index contributed by atoms with van der Waals surface area (Å²) in [6.45, 7) is 2.16. The van der Waals surface area contributed by atoms with Gasteiger partial charge < -0.3 is 51.5 Å². The average Bonchev–Trinajstić information content (AvgIpc) is 2.91. The number of carbonyl (C=O) groups is 4. The van der Waals surface area contributed by atoms with Gasteiger partial charge in [0.1, 0.15) is 11.6 Å². The third-order valence-corrected chi connectivity index (χ3v) is 6.95. The Hall–Kier alpha value is -4.06. The van der Waals surface area contributed by atoms with Crippen molar-refractivity contribution in [2.45, 2.75) is 37.6 Å². The van der Waals surface area contributed by atoms with E-state index in [-0.39, 0.29) is 52.7 Å². The number of rotatable bonds is 13. The molecule has 1 aliphatic rings. The summed E-state index contributed by atoms with van der Waals surface area (Å²) in [6.07, 6.45) is -2.45. The van der Waals surface area contributed by atoms with Crippen LogP contribution in [0.4, 0.5) is 10.1 Å². The van der Waals surface area contributed by atoms with Crippen molar-refractivity contribution in [3.8, 4) is 5.75 Å². The standard InChI is InChI=1S/C27H31ClFN3O10.2H2O/c1-2-41-21-10-20(30)19(28)9-18(21)24(35)32(23(25(36)37)27(40,26(38)39)11-22(33)34)14-17-13-31(7-8-42-17)12-15-3-5-16(29)6-4-15;;/h3-6,9-10,17,23,40H,2,7-8,11-14,30H2,1H3,(H,33,34)(H,36,37)(H,38,39);2*1H2. The number of carbonyl (C=O) groups excluding carboxylic acids is 1. The molecule has 1 heterocycles. The number of halogens is 2. The fraction of sp³-hybridized carbons (Fsp3) is 0.407. The maximum atomic E-state index is 14.0. The maximum Gasteiger partial charge on any atom is 0.339 e. The van der Waals surface area contributed by atoms with Crippen LogP contribution in [0.25, 0.3) is 0 Å². The number of carboxylic acid groups (broad SMARTS) is 3. The molecule has 44 heavy (non-hydrogen) atoms. The molecular weight excluding hydrogens is 613 g/mol. The first kappa shape index (κ1) is 38.0. The highest BCUT2D eigenvalue weighted by molar-refractivity contribution is 6.33. The van der Waals surface area contributed by atoms with Crippen molar-refractivity contribution < 1.29 is 64.4 Å². The van der Waals surface area contributed by atoms with Crippen LogP contribution in [0.3, 0.4) is 0 Å². The molecule has 1 fully saturated rings. The van der Waals surface area contributed by atoms with Gasteiger partial charge in [0.25, 0.3) is 5.91 Å². The SMILES string of the molecule is CCOc1cc(N)c(Cl)cc1C(=O)N(CC1CN(Cc2ccc(F)cc2)CCO1)C(C(=O)O)C(O)(CC(=O)O)C(=O)O.O.O. The highest BCUT2D eigenvalue weighted by atomic mass is 35.5. The van der Waals surface area contributed by atoms with Gasteiger partial charge in [-0.2, -0.15) is 0 Å². The van der Waals surface area contributed by atoms with Crippen LogP contribution in [-0.4, -0.2) is 116 Å². The summed E-state index contributed by atoms with van der Waals surface area (Å²) in [5.41, 5.74) is 2.91. The summed E-state index contributed by atoms with van der Waals surface area (Å²) in [7, 11) is 0. The predicted octanol–water partition coefficient (Wildman–Crippen LogP) is -0.103. The van der Waals surface area contributed by atoms with Gasteiger partial charge in [-0.1, -0.05) is 23.7 Å². The van der Waals surface area contributed by atoms with E-state index in [0.29, 0.717) is 18.0 Å². The minimum atomic E-state index is -3.45. The largest absolute Gasteiger partial charge is 0.493 e. The molecule has 0 saturated carbocycles. The summed E-state index contributed by atoms with van der Waals surface area (Å²) in [5, 5.41) is 40.2. The zero-order valence-electron chi connectivity index (χ0n) is 23.5. The van der Waals surface area contributed by atoms with E-state index in [0.717, 1.165) is 11.6 Å². The van der Waals surface area contributed by atoms with E-state index in [1.54, 1.807) is 19.1 Å². The van der Waals surface area contributed by atoms with Crippen LogP contribution >= 0.6 is 11.6 Å². The Kier molecular flexibility index (Phi) is 13.9. The first-order valence-corrected chi connectivity index (χ1v) is 13.2. The molecule has 2 aromatic carbocycles. The fourth-order valence-corrected chi connectivity index (χ4v) is 4.85. The molecule has 3 atom stereocenters. The maximum absolute atomic E-state index is 14.0. The lowest BCUT2D eigenvalue weighted by molar-refractivity contribution is -0.180. The Balaban J connectivity index is 0.00000484. The molecule has 3 unspecified atom stereocenters. The quantitative estimate of drug-likeness (QED) is 0.178. The second-order valence-electron chi connectivity index (χ2n) is 9.66. The molecule has 0 radical (unpaired) electrons. The number of nitrogens with two attached hydrogens (primary N) is 1. The number of nitrogen functional groups attached to an aromatic ring is 1. The predicted molar refractivity (Wildman–Crippen MR) is 153 cm³/mol. The summed E-state index contributed by atoms with van der Waals surface area (Å²) >= 11 is 6.14. The number of amides is 1. The Morgan fingerprint density at radius 3 is 2.36 bits per heavy atom. The van der Waals surface area contributed by atoms with E-state index in [1.807, 2.05) is 4.90 Å². The molecule has 1 aliphatic heterocycles. The number of benzene rings is 2. The third kappa shape index (κ3) is 8.98. The lowest BCUT2D eigenvalue weighted by atomic mass is 9.88. The van der Waals surface area contributed by atoms with Gasteiger partial charge in [-0.25, -0.2) is 14.0 Å². The second-order valence-corrected chi connectivity index (χ2v) is 10.1. The molecule has 0 bridgehead atoms. The third-order valence-electron chi connectivity index (χ3n) is 6.62. The monoisotopic (exact) mass is 647 g/mol. The van der Waals surface area contributed by atoms with Gasteiger partial charge in [-0.3, -0.25) is 14.5 Å². The van der Waals surface area contributed by atoms with Crippen molar-refractivity contribution >= 4 is 41.1 Å². The minimum absolute atomic E-state index is 0. The Bertz CT molecular complexity index is 1330. The van der Waals surface area contributed by atoms with Crippen molar-refractivity contribution in [1.82, 2.24) is 9.80 Å². The summed E-state index contributed by atoms with van der Waals surface area (Å²) in [5.74, 6) is -7.60. The van der Waals surface area contributed by atoms with Crippen molar-refractivity contribution in [1.29, 1.82) is 0 Å². The van der Waals surface area contributed by atoms with E-state index in [4.69, 9.17) is 26.8 Å². The highest BCUT2D eigenvalue weighted by Crippen LogP contribution is 2.33. The summed E-state index contributed by atoms with van der Waals surface area (Å²) in [6, 6.07) is 5.54. The lowest BCUT2D eigenvalue weighted by Crippen LogP contribution is -2.65. The first-order chi connectivity index (χ1) is 19.8. The molecule has 2 aromatic rings.